The molecule has 0 amide bonds. The standard InChI is InChI=1S/C33H66O4Si3/c1-26(24-34-25-28-21-19-18-20-22-28)30(37-40(16,17)33(9,10)11)29(36-39(14,15)32(6,7)8)23-27(2)35-38(12,13)31(3,4)5/h18-22,26-27,29-30H,23-25H2,1-17H3/t26-,27+,29+,30+/m0/s1. The number of hydrogen-bond acceptors (Lipinski definition) is 4. The zero-order chi connectivity index (χ0) is 31.4. The second kappa shape index (κ2) is 14.0. The summed E-state index contributed by atoms with van der Waals surface area (Å²) in [7, 11) is -6.12. The molecular formula is C33H66O4Si3. The zero-order valence-corrected chi connectivity index (χ0v) is 32.5. The van der Waals surface area contributed by atoms with Gasteiger partial charge in [-0.15, -0.1) is 0 Å². The lowest BCUT2D eigenvalue weighted by molar-refractivity contribution is -0.0422. The Morgan fingerprint density at radius 1 is 0.625 bits per heavy atom. The molecule has 4 nitrogen and oxygen atoms in total. The molecule has 0 heterocycles. The molecule has 0 fully saturated rings. The van der Waals surface area contributed by atoms with Crippen LogP contribution in [0.5, 0.6) is 0 Å². The maximum atomic E-state index is 7.30. The fourth-order valence-electron chi connectivity index (χ4n) is 3.97. The summed E-state index contributed by atoms with van der Waals surface area (Å²) in [5, 5.41) is 0.358. The maximum Gasteiger partial charge on any atom is 0.192 e. The van der Waals surface area contributed by atoms with Crippen molar-refractivity contribution in [2.75, 3.05) is 6.61 Å². The van der Waals surface area contributed by atoms with Crippen molar-refractivity contribution in [3.05, 3.63) is 35.9 Å². The highest BCUT2D eigenvalue weighted by Gasteiger charge is 2.47. The van der Waals surface area contributed by atoms with Crippen LogP contribution >= 0.6 is 0 Å². The summed E-state index contributed by atoms with van der Waals surface area (Å²) < 4.78 is 27.8. The molecule has 0 saturated heterocycles. The average Bonchev–Trinajstić information content (AvgIpc) is 2.74. The molecule has 4 atom stereocenters. The van der Waals surface area contributed by atoms with Crippen molar-refractivity contribution in [3.63, 3.8) is 0 Å². The lowest BCUT2D eigenvalue weighted by Gasteiger charge is -2.47. The number of ether oxygens (including phenoxy) is 1. The van der Waals surface area contributed by atoms with Gasteiger partial charge in [0.05, 0.1) is 25.4 Å². The molecule has 234 valence electrons. The number of rotatable bonds is 14. The van der Waals surface area contributed by atoms with Crippen molar-refractivity contribution in [1.29, 1.82) is 0 Å². The van der Waals surface area contributed by atoms with Crippen LogP contribution in [-0.2, 0) is 24.6 Å². The first kappa shape index (κ1) is 37.7. The Kier molecular flexibility index (Phi) is 13.2. The third-order valence-electron chi connectivity index (χ3n) is 9.77. The highest BCUT2D eigenvalue weighted by Crippen LogP contribution is 2.43. The number of benzene rings is 1. The van der Waals surface area contributed by atoms with Crippen molar-refractivity contribution in [1.82, 2.24) is 0 Å². The summed E-state index contributed by atoms with van der Waals surface area (Å²) in [5.74, 6) is 0.174. The van der Waals surface area contributed by atoms with E-state index in [9.17, 15) is 0 Å². The van der Waals surface area contributed by atoms with Crippen molar-refractivity contribution >= 4 is 25.0 Å². The quantitative estimate of drug-likeness (QED) is 0.196. The Morgan fingerprint density at radius 2 is 1.05 bits per heavy atom. The molecule has 40 heavy (non-hydrogen) atoms. The topological polar surface area (TPSA) is 36.9 Å². The molecule has 1 rings (SSSR count). The minimum absolute atomic E-state index is 0.0647. The first-order chi connectivity index (χ1) is 17.8. The van der Waals surface area contributed by atoms with Crippen LogP contribution in [0.25, 0.3) is 0 Å². The van der Waals surface area contributed by atoms with E-state index in [2.05, 4.69) is 140 Å². The molecule has 7 heteroatoms. The molecule has 0 aliphatic rings. The van der Waals surface area contributed by atoms with Gasteiger partial charge in [0.2, 0.25) is 0 Å². The normalized spacial score (nSPS) is 17.4. The summed E-state index contributed by atoms with van der Waals surface area (Å²) in [4.78, 5) is 0. The van der Waals surface area contributed by atoms with Gasteiger partial charge in [0, 0.05) is 12.0 Å². The Morgan fingerprint density at radius 3 is 1.50 bits per heavy atom. The highest BCUT2D eigenvalue weighted by atomic mass is 28.4. The van der Waals surface area contributed by atoms with Crippen LogP contribution < -0.4 is 0 Å². The Bertz CT molecular complexity index is 880. The lowest BCUT2D eigenvalue weighted by atomic mass is 9.97. The molecule has 0 unspecified atom stereocenters. The van der Waals surface area contributed by atoms with Gasteiger partial charge in [0.1, 0.15) is 0 Å². The summed E-state index contributed by atoms with van der Waals surface area (Å²) in [6.07, 6.45) is 0.765. The Hall–Kier alpha value is -0.289. The van der Waals surface area contributed by atoms with Crippen LogP contribution in [0.3, 0.4) is 0 Å². The van der Waals surface area contributed by atoms with Crippen LogP contribution in [0.2, 0.25) is 54.4 Å². The summed E-state index contributed by atoms with van der Waals surface area (Å²) >= 11 is 0. The zero-order valence-electron chi connectivity index (χ0n) is 29.5. The van der Waals surface area contributed by atoms with E-state index in [1.165, 1.54) is 5.56 Å². The highest BCUT2D eigenvalue weighted by molar-refractivity contribution is 6.75. The minimum Gasteiger partial charge on any atom is -0.414 e. The van der Waals surface area contributed by atoms with Gasteiger partial charge in [-0.3, -0.25) is 0 Å². The van der Waals surface area contributed by atoms with Crippen molar-refractivity contribution in [3.8, 4) is 0 Å². The van der Waals surface area contributed by atoms with Gasteiger partial charge in [-0.1, -0.05) is 99.6 Å². The predicted octanol–water partition coefficient (Wildman–Crippen LogP) is 10.4. The van der Waals surface area contributed by atoms with Crippen LogP contribution in [-0.4, -0.2) is 49.9 Å². The van der Waals surface area contributed by atoms with E-state index < -0.39 is 25.0 Å². The van der Waals surface area contributed by atoms with E-state index in [4.69, 9.17) is 18.0 Å². The third-order valence-corrected chi connectivity index (χ3v) is 23.4. The molecule has 0 aliphatic heterocycles. The molecule has 0 N–H and O–H groups in total. The second-order valence-corrected chi connectivity index (χ2v) is 30.9. The third kappa shape index (κ3) is 11.1. The summed E-state index contributed by atoms with van der Waals surface area (Å²) in [6, 6.07) is 10.4. The molecule has 1 aromatic rings. The summed E-state index contributed by atoms with van der Waals surface area (Å²) in [5.41, 5.74) is 1.20. The van der Waals surface area contributed by atoms with Gasteiger partial charge in [0.15, 0.2) is 25.0 Å². The van der Waals surface area contributed by atoms with Crippen LogP contribution in [0.4, 0.5) is 0 Å². The molecular weight excluding hydrogens is 545 g/mol. The van der Waals surface area contributed by atoms with Crippen molar-refractivity contribution in [2.24, 2.45) is 5.92 Å². The molecule has 1 aromatic carbocycles. The van der Waals surface area contributed by atoms with Gasteiger partial charge >= 0.3 is 0 Å². The van der Waals surface area contributed by atoms with E-state index in [0.717, 1.165) is 6.42 Å². The van der Waals surface area contributed by atoms with Crippen molar-refractivity contribution in [2.45, 2.75) is 162 Å². The van der Waals surface area contributed by atoms with E-state index >= 15 is 0 Å². The predicted molar refractivity (Wildman–Crippen MR) is 182 cm³/mol. The van der Waals surface area contributed by atoms with Crippen LogP contribution in [0, 0.1) is 5.92 Å². The molecule has 0 aliphatic carbocycles. The Balaban J connectivity index is 3.41. The summed E-state index contributed by atoms with van der Waals surface area (Å²) in [6.45, 7) is 40.7. The smallest absolute Gasteiger partial charge is 0.192 e. The maximum absolute atomic E-state index is 7.30. The van der Waals surface area contributed by atoms with E-state index in [1.54, 1.807) is 0 Å². The lowest BCUT2D eigenvalue weighted by Crippen LogP contribution is -2.55. The Labute approximate surface area is 252 Å². The number of hydrogen-bond donors (Lipinski definition) is 0. The van der Waals surface area contributed by atoms with Gasteiger partial charge in [-0.25, -0.2) is 0 Å². The van der Waals surface area contributed by atoms with E-state index in [-0.39, 0.29) is 39.3 Å². The first-order valence-electron chi connectivity index (χ1n) is 15.5. The molecule has 0 saturated carbocycles. The molecule has 0 bridgehead atoms. The molecule has 0 spiro atoms. The van der Waals surface area contributed by atoms with Gasteiger partial charge in [-0.05, 0) is 73.3 Å². The van der Waals surface area contributed by atoms with Gasteiger partial charge in [-0.2, -0.15) is 0 Å². The van der Waals surface area contributed by atoms with Crippen LogP contribution in [0.1, 0.15) is 88.1 Å². The average molecular weight is 611 g/mol. The van der Waals surface area contributed by atoms with Crippen molar-refractivity contribution < 1.29 is 18.0 Å². The second-order valence-electron chi connectivity index (χ2n) is 16.7. The monoisotopic (exact) mass is 610 g/mol. The minimum atomic E-state index is -2.10. The van der Waals surface area contributed by atoms with Gasteiger partial charge in [0.25, 0.3) is 0 Å². The first-order valence-corrected chi connectivity index (χ1v) is 24.2. The molecule has 0 aromatic heterocycles. The van der Waals surface area contributed by atoms with E-state index in [1.807, 2.05) is 6.07 Å². The SMILES string of the molecule is C[C@H](C[C@@H](O[Si](C)(C)C(C)(C)C)[C@H](O[Si](C)(C)C(C)(C)C)[C@@H](C)COCc1ccccc1)O[Si](C)(C)C(C)(C)C. The van der Waals surface area contributed by atoms with Gasteiger partial charge < -0.3 is 18.0 Å². The van der Waals surface area contributed by atoms with E-state index in [0.29, 0.717) is 13.2 Å². The van der Waals surface area contributed by atoms with Crippen LogP contribution in [0.15, 0.2) is 30.3 Å². The fraction of sp³-hybridized carbons (Fsp3) is 0.818. The fourth-order valence-corrected chi connectivity index (χ4v) is 8.18. The largest absolute Gasteiger partial charge is 0.414 e. The molecule has 0 radical (unpaired) electrons.